The molecule has 4 N–H and O–H groups in total. The van der Waals surface area contributed by atoms with Gasteiger partial charge in [0.1, 0.15) is 0 Å². The van der Waals surface area contributed by atoms with Gasteiger partial charge in [0, 0.05) is 32.2 Å². The predicted molar refractivity (Wildman–Crippen MR) is 72.2 cm³/mol. The molecule has 0 bridgehead atoms. The minimum atomic E-state index is -0.782. The molecule has 0 aromatic heterocycles. The molecule has 1 heterocycles. The van der Waals surface area contributed by atoms with Gasteiger partial charge < -0.3 is 16.4 Å². The molecule has 1 saturated carbocycles. The molecule has 1 unspecified atom stereocenters. The quantitative estimate of drug-likeness (QED) is 0.703. The number of piperazine rings is 1. The van der Waals surface area contributed by atoms with Crippen molar-refractivity contribution in [1.82, 2.24) is 9.80 Å². The highest BCUT2D eigenvalue weighted by Gasteiger charge is 2.29. The summed E-state index contributed by atoms with van der Waals surface area (Å²) in [5.41, 5.74) is 10.8. The molecular weight excluding hydrogens is 244 g/mol. The van der Waals surface area contributed by atoms with Crippen LogP contribution in [-0.2, 0) is 9.59 Å². The van der Waals surface area contributed by atoms with Gasteiger partial charge in [-0.3, -0.25) is 14.5 Å². The fourth-order valence-corrected chi connectivity index (χ4v) is 3.12. The number of nitrogens with zero attached hydrogens (tertiary/aromatic N) is 2. The number of amides is 2. The summed E-state index contributed by atoms with van der Waals surface area (Å²) in [5, 5.41) is 0. The van der Waals surface area contributed by atoms with Crippen molar-refractivity contribution in [3.63, 3.8) is 0 Å². The van der Waals surface area contributed by atoms with Crippen LogP contribution in [0.5, 0.6) is 0 Å². The smallest absolute Gasteiger partial charge is 0.240 e. The van der Waals surface area contributed by atoms with E-state index < -0.39 is 11.9 Å². The van der Waals surface area contributed by atoms with Gasteiger partial charge in [-0.25, -0.2) is 0 Å². The summed E-state index contributed by atoms with van der Waals surface area (Å²) < 4.78 is 0. The van der Waals surface area contributed by atoms with E-state index >= 15 is 0 Å². The maximum atomic E-state index is 12.0. The lowest BCUT2D eigenvalue weighted by Gasteiger charge is -2.38. The van der Waals surface area contributed by atoms with E-state index in [9.17, 15) is 9.59 Å². The molecule has 108 valence electrons. The Hall–Kier alpha value is -1.14. The average molecular weight is 268 g/mol. The van der Waals surface area contributed by atoms with Crippen LogP contribution in [0.4, 0.5) is 0 Å². The second-order valence-electron chi connectivity index (χ2n) is 5.58. The fourth-order valence-electron chi connectivity index (χ4n) is 3.12. The minimum absolute atomic E-state index is 0.0678. The molecule has 19 heavy (non-hydrogen) atoms. The molecule has 0 spiro atoms. The van der Waals surface area contributed by atoms with Crippen LogP contribution < -0.4 is 11.5 Å². The number of nitrogens with two attached hydrogens (primary N) is 2. The molecule has 0 radical (unpaired) electrons. The summed E-state index contributed by atoms with van der Waals surface area (Å²) >= 11 is 0. The van der Waals surface area contributed by atoms with Gasteiger partial charge in [-0.15, -0.1) is 0 Å². The minimum Gasteiger partial charge on any atom is -0.370 e. The first-order valence-corrected chi connectivity index (χ1v) is 7.14. The highest BCUT2D eigenvalue weighted by atomic mass is 16.2. The zero-order valence-electron chi connectivity index (χ0n) is 11.4. The van der Waals surface area contributed by atoms with Crippen LogP contribution in [0.2, 0.25) is 0 Å². The lowest BCUT2D eigenvalue weighted by atomic mass is 10.1. The SMILES string of the molecule is NC(=O)CC(N)C(=O)N1CCN(C2CCCC2)CC1. The van der Waals surface area contributed by atoms with Crippen LogP contribution in [0.1, 0.15) is 32.1 Å². The Bertz CT molecular complexity index is 334. The second kappa shape index (κ2) is 6.34. The Labute approximate surface area is 114 Å². The van der Waals surface area contributed by atoms with E-state index in [4.69, 9.17) is 11.5 Å². The van der Waals surface area contributed by atoms with Crippen molar-refractivity contribution in [2.24, 2.45) is 11.5 Å². The van der Waals surface area contributed by atoms with Crippen LogP contribution in [-0.4, -0.2) is 59.9 Å². The third kappa shape index (κ3) is 3.67. The highest BCUT2D eigenvalue weighted by molar-refractivity contribution is 5.87. The summed E-state index contributed by atoms with van der Waals surface area (Å²) in [6.07, 6.45) is 5.16. The van der Waals surface area contributed by atoms with E-state index in [0.29, 0.717) is 19.1 Å². The Morgan fingerprint density at radius 2 is 1.68 bits per heavy atom. The molecule has 1 atom stereocenters. The topological polar surface area (TPSA) is 92.7 Å². The van der Waals surface area contributed by atoms with Crippen LogP contribution in [0.3, 0.4) is 0 Å². The largest absolute Gasteiger partial charge is 0.370 e. The zero-order valence-corrected chi connectivity index (χ0v) is 11.4. The number of hydrogen-bond donors (Lipinski definition) is 2. The third-order valence-corrected chi connectivity index (χ3v) is 4.21. The summed E-state index contributed by atoms with van der Waals surface area (Å²) in [4.78, 5) is 27.1. The first kappa shape index (κ1) is 14.3. The first-order valence-electron chi connectivity index (χ1n) is 7.14. The van der Waals surface area contributed by atoms with Crippen molar-refractivity contribution < 1.29 is 9.59 Å². The molecule has 1 aliphatic heterocycles. The van der Waals surface area contributed by atoms with Crippen molar-refractivity contribution in [1.29, 1.82) is 0 Å². The van der Waals surface area contributed by atoms with Crippen molar-refractivity contribution >= 4 is 11.8 Å². The number of primary amides is 1. The van der Waals surface area contributed by atoms with E-state index in [0.717, 1.165) is 13.1 Å². The standard InChI is InChI=1S/C13H24N4O2/c14-11(9-12(15)18)13(19)17-7-5-16(6-8-17)10-3-1-2-4-10/h10-11H,1-9,14H2,(H2,15,18). The number of hydrogen-bond acceptors (Lipinski definition) is 4. The molecule has 0 aromatic rings. The zero-order chi connectivity index (χ0) is 13.8. The summed E-state index contributed by atoms with van der Waals surface area (Å²) in [6.45, 7) is 3.25. The van der Waals surface area contributed by atoms with E-state index in [1.54, 1.807) is 4.90 Å². The van der Waals surface area contributed by atoms with E-state index in [1.807, 2.05) is 0 Å². The van der Waals surface area contributed by atoms with Gasteiger partial charge in [-0.2, -0.15) is 0 Å². The predicted octanol–water partition coefficient (Wildman–Crippen LogP) is -0.724. The van der Waals surface area contributed by atoms with Crippen molar-refractivity contribution in [2.45, 2.75) is 44.2 Å². The molecule has 2 rings (SSSR count). The Morgan fingerprint density at radius 1 is 1.11 bits per heavy atom. The lowest BCUT2D eigenvalue weighted by Crippen LogP contribution is -2.55. The molecule has 1 saturated heterocycles. The summed E-state index contributed by atoms with van der Waals surface area (Å²) in [7, 11) is 0. The molecule has 2 aliphatic rings. The number of carbonyl (C=O) groups excluding carboxylic acids is 2. The van der Waals surface area contributed by atoms with Gasteiger partial charge in [0.15, 0.2) is 0 Å². The monoisotopic (exact) mass is 268 g/mol. The average Bonchev–Trinajstić information content (AvgIpc) is 2.91. The maximum absolute atomic E-state index is 12.0. The Balaban J connectivity index is 1.78. The van der Waals surface area contributed by atoms with Crippen LogP contribution in [0.25, 0.3) is 0 Å². The molecular formula is C13H24N4O2. The number of carbonyl (C=O) groups is 2. The van der Waals surface area contributed by atoms with E-state index in [-0.39, 0.29) is 12.3 Å². The second-order valence-corrected chi connectivity index (χ2v) is 5.58. The van der Waals surface area contributed by atoms with Crippen molar-refractivity contribution in [3.05, 3.63) is 0 Å². The van der Waals surface area contributed by atoms with Crippen LogP contribution in [0, 0.1) is 0 Å². The molecule has 6 nitrogen and oxygen atoms in total. The van der Waals surface area contributed by atoms with Gasteiger partial charge in [0.2, 0.25) is 11.8 Å². The van der Waals surface area contributed by atoms with Gasteiger partial charge in [-0.05, 0) is 12.8 Å². The van der Waals surface area contributed by atoms with Gasteiger partial charge >= 0.3 is 0 Å². The highest BCUT2D eigenvalue weighted by Crippen LogP contribution is 2.24. The van der Waals surface area contributed by atoms with Crippen molar-refractivity contribution in [3.8, 4) is 0 Å². The third-order valence-electron chi connectivity index (χ3n) is 4.21. The van der Waals surface area contributed by atoms with E-state index in [1.165, 1.54) is 25.7 Å². The molecule has 0 aromatic carbocycles. The number of rotatable bonds is 4. The van der Waals surface area contributed by atoms with Crippen molar-refractivity contribution in [2.75, 3.05) is 26.2 Å². The maximum Gasteiger partial charge on any atom is 0.240 e. The van der Waals surface area contributed by atoms with Gasteiger partial charge in [0.25, 0.3) is 0 Å². The lowest BCUT2D eigenvalue weighted by molar-refractivity contribution is -0.136. The van der Waals surface area contributed by atoms with Gasteiger partial charge in [-0.1, -0.05) is 12.8 Å². The van der Waals surface area contributed by atoms with E-state index in [2.05, 4.69) is 4.90 Å². The first-order chi connectivity index (χ1) is 9.08. The summed E-state index contributed by atoms with van der Waals surface area (Å²) in [5.74, 6) is -0.671. The normalized spacial score (nSPS) is 23.5. The molecule has 1 aliphatic carbocycles. The Morgan fingerprint density at radius 3 is 2.21 bits per heavy atom. The van der Waals surface area contributed by atoms with Crippen LogP contribution >= 0.6 is 0 Å². The Kier molecular flexibility index (Phi) is 4.76. The summed E-state index contributed by atoms with van der Waals surface area (Å²) in [6, 6.07) is -0.0768. The molecule has 2 fully saturated rings. The molecule has 2 amide bonds. The van der Waals surface area contributed by atoms with Gasteiger partial charge in [0.05, 0.1) is 12.5 Å². The van der Waals surface area contributed by atoms with Crippen LogP contribution in [0.15, 0.2) is 0 Å². The fraction of sp³-hybridized carbons (Fsp3) is 0.846. The molecule has 6 heteroatoms.